The lowest BCUT2D eigenvalue weighted by Crippen LogP contribution is -2.32. The van der Waals surface area contributed by atoms with Crippen molar-refractivity contribution in [2.24, 2.45) is 0 Å². The fourth-order valence-corrected chi connectivity index (χ4v) is 2.42. The van der Waals surface area contributed by atoms with Gasteiger partial charge in [-0.1, -0.05) is 18.2 Å². The number of benzene rings is 2. The molecule has 0 bridgehead atoms. The number of hydrogen-bond donors (Lipinski definition) is 0. The number of carbonyl (C=O) groups excluding carboxylic acids is 1. The first kappa shape index (κ1) is 13.5. The van der Waals surface area contributed by atoms with E-state index in [1.807, 2.05) is 29.2 Å². The summed E-state index contributed by atoms with van der Waals surface area (Å²) >= 11 is 0. The number of rotatable bonds is 2. The highest BCUT2D eigenvalue weighted by Crippen LogP contribution is 2.23. The summed E-state index contributed by atoms with van der Waals surface area (Å²) in [6.45, 7) is 1.67. The van der Waals surface area contributed by atoms with E-state index in [0.29, 0.717) is 25.3 Å². The largest absolute Gasteiger partial charge is 0.497 e. The summed E-state index contributed by atoms with van der Waals surface area (Å²) in [5.74, 6) is 1.62. The third kappa shape index (κ3) is 2.84. The SMILES string of the molecule is COc1ccc(C(=O)N2CCOc3ccccc3C2)cc1. The van der Waals surface area contributed by atoms with Gasteiger partial charge in [0.15, 0.2) is 0 Å². The molecular weight excluding hydrogens is 266 g/mol. The van der Waals surface area contributed by atoms with Crippen LogP contribution in [-0.4, -0.2) is 31.1 Å². The molecule has 0 radical (unpaired) electrons. The molecule has 0 aliphatic carbocycles. The van der Waals surface area contributed by atoms with Gasteiger partial charge >= 0.3 is 0 Å². The van der Waals surface area contributed by atoms with Crippen LogP contribution in [-0.2, 0) is 6.54 Å². The van der Waals surface area contributed by atoms with Crippen LogP contribution in [0.25, 0.3) is 0 Å². The molecule has 1 aliphatic rings. The number of amides is 1. The van der Waals surface area contributed by atoms with Crippen LogP contribution in [0.2, 0.25) is 0 Å². The van der Waals surface area contributed by atoms with E-state index in [9.17, 15) is 4.79 Å². The molecule has 0 aromatic heterocycles. The second kappa shape index (κ2) is 5.87. The Hall–Kier alpha value is -2.49. The number of hydrogen-bond acceptors (Lipinski definition) is 3. The Morgan fingerprint density at radius 2 is 1.90 bits per heavy atom. The maximum Gasteiger partial charge on any atom is 0.254 e. The monoisotopic (exact) mass is 283 g/mol. The van der Waals surface area contributed by atoms with Gasteiger partial charge in [-0.25, -0.2) is 0 Å². The van der Waals surface area contributed by atoms with Crippen molar-refractivity contribution < 1.29 is 14.3 Å². The van der Waals surface area contributed by atoms with Crippen LogP contribution in [0.4, 0.5) is 0 Å². The van der Waals surface area contributed by atoms with Gasteiger partial charge in [0.25, 0.3) is 5.91 Å². The highest BCUT2D eigenvalue weighted by atomic mass is 16.5. The van der Waals surface area contributed by atoms with E-state index in [-0.39, 0.29) is 5.91 Å². The summed E-state index contributed by atoms with van der Waals surface area (Å²) in [6.07, 6.45) is 0. The van der Waals surface area contributed by atoms with Crippen LogP contribution in [0.3, 0.4) is 0 Å². The molecule has 0 unspecified atom stereocenters. The first-order chi connectivity index (χ1) is 10.3. The summed E-state index contributed by atoms with van der Waals surface area (Å²) in [4.78, 5) is 14.4. The number of nitrogens with zero attached hydrogens (tertiary/aromatic N) is 1. The minimum Gasteiger partial charge on any atom is -0.497 e. The molecule has 0 atom stereocenters. The Morgan fingerprint density at radius 3 is 2.67 bits per heavy atom. The minimum absolute atomic E-state index is 0.0120. The molecule has 0 saturated heterocycles. The average Bonchev–Trinajstić information content (AvgIpc) is 2.76. The van der Waals surface area contributed by atoms with Crippen LogP contribution >= 0.6 is 0 Å². The molecule has 0 N–H and O–H groups in total. The lowest BCUT2D eigenvalue weighted by atomic mass is 10.1. The molecule has 1 amide bonds. The van der Waals surface area contributed by atoms with E-state index in [4.69, 9.17) is 9.47 Å². The van der Waals surface area contributed by atoms with Crippen molar-refractivity contribution in [3.05, 3.63) is 59.7 Å². The molecule has 1 aliphatic heterocycles. The molecule has 2 aromatic carbocycles. The number of ether oxygens (including phenoxy) is 2. The second-order valence-corrected chi connectivity index (χ2v) is 4.91. The summed E-state index contributed by atoms with van der Waals surface area (Å²) < 4.78 is 10.8. The Labute approximate surface area is 123 Å². The third-order valence-corrected chi connectivity index (χ3v) is 3.58. The van der Waals surface area contributed by atoms with Crippen molar-refractivity contribution in [1.82, 2.24) is 4.90 Å². The normalized spacial score (nSPS) is 13.9. The van der Waals surface area contributed by atoms with Gasteiger partial charge in [0, 0.05) is 17.7 Å². The minimum atomic E-state index is 0.0120. The predicted octanol–water partition coefficient (Wildman–Crippen LogP) is 2.73. The van der Waals surface area contributed by atoms with Crippen molar-refractivity contribution in [2.45, 2.75) is 6.54 Å². The molecule has 4 nitrogen and oxygen atoms in total. The Morgan fingerprint density at radius 1 is 1.14 bits per heavy atom. The summed E-state index contributed by atoms with van der Waals surface area (Å²) in [6, 6.07) is 15.0. The third-order valence-electron chi connectivity index (χ3n) is 3.58. The van der Waals surface area contributed by atoms with Gasteiger partial charge in [0.05, 0.1) is 13.7 Å². The molecule has 1 heterocycles. The molecule has 21 heavy (non-hydrogen) atoms. The average molecular weight is 283 g/mol. The van der Waals surface area contributed by atoms with E-state index in [1.54, 1.807) is 31.4 Å². The Balaban J connectivity index is 1.81. The van der Waals surface area contributed by atoms with Crippen molar-refractivity contribution >= 4 is 5.91 Å². The van der Waals surface area contributed by atoms with Gasteiger partial charge in [0.2, 0.25) is 0 Å². The maximum atomic E-state index is 12.6. The number of fused-ring (bicyclic) bond motifs is 1. The van der Waals surface area contributed by atoms with Gasteiger partial charge in [-0.3, -0.25) is 4.79 Å². The van der Waals surface area contributed by atoms with E-state index in [2.05, 4.69) is 0 Å². The van der Waals surface area contributed by atoms with Crippen LogP contribution in [0.5, 0.6) is 11.5 Å². The number of para-hydroxylation sites is 1. The quantitative estimate of drug-likeness (QED) is 0.850. The summed E-state index contributed by atoms with van der Waals surface area (Å²) in [5.41, 5.74) is 1.70. The maximum absolute atomic E-state index is 12.6. The van der Waals surface area contributed by atoms with E-state index in [1.165, 1.54) is 0 Å². The van der Waals surface area contributed by atoms with Gasteiger partial charge < -0.3 is 14.4 Å². The van der Waals surface area contributed by atoms with Gasteiger partial charge in [-0.15, -0.1) is 0 Å². The number of carbonyl (C=O) groups is 1. The standard InChI is InChI=1S/C17H17NO3/c1-20-15-8-6-13(7-9-15)17(19)18-10-11-21-16-5-3-2-4-14(16)12-18/h2-9H,10-12H2,1H3. The summed E-state index contributed by atoms with van der Waals surface area (Å²) in [5, 5.41) is 0. The first-order valence-electron chi connectivity index (χ1n) is 6.92. The van der Waals surface area contributed by atoms with Crippen molar-refractivity contribution in [3.8, 4) is 11.5 Å². The van der Waals surface area contributed by atoms with E-state index < -0.39 is 0 Å². The van der Waals surface area contributed by atoms with Crippen molar-refractivity contribution in [2.75, 3.05) is 20.3 Å². The zero-order valence-electron chi connectivity index (χ0n) is 11.9. The van der Waals surface area contributed by atoms with Gasteiger partial charge in [-0.05, 0) is 30.3 Å². The zero-order chi connectivity index (χ0) is 14.7. The molecule has 0 spiro atoms. The lowest BCUT2D eigenvalue weighted by molar-refractivity contribution is 0.0733. The Kier molecular flexibility index (Phi) is 3.77. The van der Waals surface area contributed by atoms with E-state index >= 15 is 0 Å². The zero-order valence-corrected chi connectivity index (χ0v) is 11.9. The highest BCUT2D eigenvalue weighted by Gasteiger charge is 2.20. The van der Waals surface area contributed by atoms with Crippen LogP contribution in [0, 0.1) is 0 Å². The molecule has 0 fully saturated rings. The van der Waals surface area contributed by atoms with E-state index in [0.717, 1.165) is 17.1 Å². The molecule has 108 valence electrons. The Bertz CT molecular complexity index is 637. The molecular formula is C17H17NO3. The topological polar surface area (TPSA) is 38.8 Å². The van der Waals surface area contributed by atoms with Gasteiger partial charge in [0.1, 0.15) is 18.1 Å². The van der Waals surface area contributed by atoms with Crippen LogP contribution < -0.4 is 9.47 Å². The molecule has 2 aromatic rings. The summed E-state index contributed by atoms with van der Waals surface area (Å²) in [7, 11) is 1.61. The predicted molar refractivity (Wildman–Crippen MR) is 79.7 cm³/mol. The highest BCUT2D eigenvalue weighted by molar-refractivity contribution is 5.94. The lowest BCUT2D eigenvalue weighted by Gasteiger charge is -2.20. The smallest absolute Gasteiger partial charge is 0.254 e. The molecule has 3 rings (SSSR count). The fraction of sp³-hybridized carbons (Fsp3) is 0.235. The fourth-order valence-electron chi connectivity index (χ4n) is 2.42. The van der Waals surface area contributed by atoms with Crippen molar-refractivity contribution in [3.63, 3.8) is 0 Å². The second-order valence-electron chi connectivity index (χ2n) is 4.91. The molecule has 0 saturated carbocycles. The first-order valence-corrected chi connectivity index (χ1v) is 6.92. The number of methoxy groups -OCH3 is 1. The van der Waals surface area contributed by atoms with Crippen LogP contribution in [0.1, 0.15) is 15.9 Å². The van der Waals surface area contributed by atoms with Crippen molar-refractivity contribution in [1.29, 1.82) is 0 Å². The van der Waals surface area contributed by atoms with Gasteiger partial charge in [-0.2, -0.15) is 0 Å². The molecule has 4 heteroatoms. The van der Waals surface area contributed by atoms with Crippen LogP contribution in [0.15, 0.2) is 48.5 Å².